The number of carbonyl (C=O) groups excluding carboxylic acids is 1. The summed E-state index contributed by atoms with van der Waals surface area (Å²) >= 11 is 0. The van der Waals surface area contributed by atoms with Crippen LogP contribution in [0.15, 0.2) is 18.2 Å². The maximum atomic E-state index is 12.3. The molecule has 3 heteroatoms. The highest BCUT2D eigenvalue weighted by Crippen LogP contribution is 2.30. The fraction of sp³-hybridized carbons (Fsp3) is 0.562. The monoisotopic (exact) mass is 258 g/mol. The Hall–Kier alpha value is -1.35. The van der Waals surface area contributed by atoms with E-state index in [9.17, 15) is 4.79 Å². The zero-order chi connectivity index (χ0) is 13.2. The lowest BCUT2D eigenvalue weighted by atomic mass is 9.90. The molecule has 2 unspecified atom stereocenters. The summed E-state index contributed by atoms with van der Waals surface area (Å²) < 4.78 is 0. The molecule has 0 heterocycles. The van der Waals surface area contributed by atoms with E-state index in [1.165, 1.54) is 24.0 Å². The average Bonchev–Trinajstić information content (AvgIpc) is 2.85. The normalized spacial score (nSPS) is 25.9. The van der Waals surface area contributed by atoms with Gasteiger partial charge in [0, 0.05) is 11.7 Å². The minimum absolute atomic E-state index is 0.000512. The molecular weight excluding hydrogens is 236 g/mol. The second-order valence-corrected chi connectivity index (χ2v) is 5.84. The summed E-state index contributed by atoms with van der Waals surface area (Å²) in [5, 5.41) is 3.12. The Morgan fingerprint density at radius 3 is 2.79 bits per heavy atom. The van der Waals surface area contributed by atoms with E-state index < -0.39 is 0 Å². The van der Waals surface area contributed by atoms with Crippen molar-refractivity contribution in [3.8, 4) is 0 Å². The summed E-state index contributed by atoms with van der Waals surface area (Å²) in [4.78, 5) is 12.3. The molecule has 0 radical (unpaired) electrons. The van der Waals surface area contributed by atoms with E-state index in [0.717, 1.165) is 37.8 Å². The Bertz CT molecular complexity index is 484. The lowest BCUT2D eigenvalue weighted by molar-refractivity contribution is -0.120. The van der Waals surface area contributed by atoms with Crippen molar-refractivity contribution in [2.45, 2.75) is 51.0 Å². The van der Waals surface area contributed by atoms with Gasteiger partial charge in [0.1, 0.15) is 0 Å². The van der Waals surface area contributed by atoms with Crippen LogP contribution in [0.5, 0.6) is 0 Å². The first-order valence-electron chi connectivity index (χ1n) is 7.43. The van der Waals surface area contributed by atoms with Crippen molar-refractivity contribution < 1.29 is 4.79 Å². The molecule has 1 aromatic carbocycles. The zero-order valence-corrected chi connectivity index (χ0v) is 11.3. The number of amides is 1. The number of hydrogen-bond acceptors (Lipinski definition) is 2. The smallest absolute Gasteiger partial charge is 0.229 e. The fourth-order valence-corrected chi connectivity index (χ4v) is 3.44. The number of benzene rings is 1. The molecule has 3 N–H and O–H groups in total. The average molecular weight is 258 g/mol. The van der Waals surface area contributed by atoms with Gasteiger partial charge in [-0.1, -0.05) is 18.6 Å². The van der Waals surface area contributed by atoms with Gasteiger partial charge in [0.15, 0.2) is 0 Å². The van der Waals surface area contributed by atoms with E-state index in [0.29, 0.717) is 0 Å². The molecule has 3 rings (SSSR count). The van der Waals surface area contributed by atoms with Crippen LogP contribution in [0.3, 0.4) is 0 Å². The van der Waals surface area contributed by atoms with Crippen LogP contribution in [-0.4, -0.2) is 11.9 Å². The van der Waals surface area contributed by atoms with Crippen molar-refractivity contribution in [1.82, 2.24) is 0 Å². The molecule has 1 saturated carbocycles. The van der Waals surface area contributed by atoms with Gasteiger partial charge in [-0.2, -0.15) is 0 Å². The molecular formula is C16H22N2O. The minimum atomic E-state index is -0.000512. The number of anilines is 1. The second-order valence-electron chi connectivity index (χ2n) is 5.84. The number of aryl methyl sites for hydroxylation is 1. The second kappa shape index (κ2) is 5.33. The predicted molar refractivity (Wildman–Crippen MR) is 77.0 cm³/mol. The molecule has 0 saturated heterocycles. The van der Waals surface area contributed by atoms with Gasteiger partial charge in [-0.25, -0.2) is 0 Å². The van der Waals surface area contributed by atoms with Gasteiger partial charge in [-0.3, -0.25) is 4.79 Å². The third-order valence-corrected chi connectivity index (χ3v) is 4.56. The fourth-order valence-electron chi connectivity index (χ4n) is 3.44. The number of nitrogens with one attached hydrogen (secondary N) is 1. The first-order chi connectivity index (χ1) is 9.25. The molecule has 0 bridgehead atoms. The number of hydrogen-bond donors (Lipinski definition) is 2. The first-order valence-corrected chi connectivity index (χ1v) is 7.43. The molecule has 2 aliphatic carbocycles. The lowest BCUT2D eigenvalue weighted by Crippen LogP contribution is -2.34. The molecule has 2 aliphatic rings. The summed E-state index contributed by atoms with van der Waals surface area (Å²) in [6.07, 6.45) is 7.70. The highest BCUT2D eigenvalue weighted by Gasteiger charge is 2.30. The van der Waals surface area contributed by atoms with Crippen molar-refractivity contribution >= 4 is 11.6 Å². The van der Waals surface area contributed by atoms with Crippen LogP contribution in [0.1, 0.15) is 43.2 Å². The van der Waals surface area contributed by atoms with E-state index in [4.69, 9.17) is 5.73 Å². The summed E-state index contributed by atoms with van der Waals surface area (Å²) in [7, 11) is 0. The van der Waals surface area contributed by atoms with Crippen LogP contribution in [0.2, 0.25) is 0 Å². The van der Waals surface area contributed by atoms with E-state index in [2.05, 4.69) is 11.4 Å². The van der Waals surface area contributed by atoms with Crippen molar-refractivity contribution in [2.75, 3.05) is 5.32 Å². The molecule has 1 aromatic rings. The minimum Gasteiger partial charge on any atom is -0.327 e. The maximum absolute atomic E-state index is 12.3. The third-order valence-electron chi connectivity index (χ3n) is 4.56. The predicted octanol–water partition coefficient (Wildman–Crippen LogP) is 2.63. The summed E-state index contributed by atoms with van der Waals surface area (Å²) in [5.41, 5.74) is 9.77. The van der Waals surface area contributed by atoms with Gasteiger partial charge < -0.3 is 11.1 Å². The molecule has 2 atom stereocenters. The number of fused-ring (bicyclic) bond motifs is 1. The Kier molecular flexibility index (Phi) is 3.56. The van der Waals surface area contributed by atoms with Gasteiger partial charge in [0.05, 0.1) is 5.92 Å². The summed E-state index contributed by atoms with van der Waals surface area (Å²) in [5.74, 6) is 0.114. The first kappa shape index (κ1) is 12.7. The number of carbonyl (C=O) groups is 1. The summed E-state index contributed by atoms with van der Waals surface area (Å²) in [6.45, 7) is 0. The van der Waals surface area contributed by atoms with Gasteiger partial charge in [-0.05, 0) is 55.7 Å². The van der Waals surface area contributed by atoms with E-state index in [1.54, 1.807) is 0 Å². The maximum Gasteiger partial charge on any atom is 0.229 e. The number of rotatable bonds is 2. The van der Waals surface area contributed by atoms with Gasteiger partial charge >= 0.3 is 0 Å². The van der Waals surface area contributed by atoms with Crippen molar-refractivity contribution in [3.05, 3.63) is 29.3 Å². The molecule has 1 fully saturated rings. The lowest BCUT2D eigenvalue weighted by Gasteiger charge is -2.21. The summed E-state index contributed by atoms with van der Waals surface area (Å²) in [6, 6.07) is 6.31. The molecule has 0 aliphatic heterocycles. The quantitative estimate of drug-likeness (QED) is 0.856. The molecule has 0 spiro atoms. The largest absolute Gasteiger partial charge is 0.327 e. The number of nitrogens with two attached hydrogens (primary N) is 1. The van der Waals surface area contributed by atoms with Gasteiger partial charge in [0.2, 0.25) is 5.91 Å². The standard InChI is InChI=1S/C16H22N2O/c17-14-9-4-8-13(14)16(19)18-15-10-3-6-11-5-1-2-7-12(11)15/h3,6,10,13-14H,1-2,4-5,7-9,17H2,(H,18,19). The molecule has 0 aromatic heterocycles. The molecule has 102 valence electrons. The van der Waals surface area contributed by atoms with Gasteiger partial charge in [0.25, 0.3) is 0 Å². The van der Waals surface area contributed by atoms with Crippen LogP contribution in [-0.2, 0) is 17.6 Å². The van der Waals surface area contributed by atoms with Crippen molar-refractivity contribution in [1.29, 1.82) is 0 Å². The van der Waals surface area contributed by atoms with E-state index in [1.807, 2.05) is 12.1 Å². The Morgan fingerprint density at radius 2 is 2.00 bits per heavy atom. The van der Waals surface area contributed by atoms with Crippen LogP contribution >= 0.6 is 0 Å². The third kappa shape index (κ3) is 2.52. The molecule has 3 nitrogen and oxygen atoms in total. The Balaban J connectivity index is 1.78. The Morgan fingerprint density at radius 1 is 1.16 bits per heavy atom. The van der Waals surface area contributed by atoms with Crippen molar-refractivity contribution in [2.24, 2.45) is 11.7 Å². The highest BCUT2D eigenvalue weighted by molar-refractivity contribution is 5.94. The van der Waals surface area contributed by atoms with Crippen LogP contribution < -0.4 is 11.1 Å². The SMILES string of the molecule is NC1CCCC1C(=O)Nc1cccc2c1CCCC2. The molecule has 1 amide bonds. The van der Waals surface area contributed by atoms with Gasteiger partial charge in [-0.15, -0.1) is 0 Å². The van der Waals surface area contributed by atoms with E-state index in [-0.39, 0.29) is 17.9 Å². The highest BCUT2D eigenvalue weighted by atomic mass is 16.1. The van der Waals surface area contributed by atoms with Crippen LogP contribution in [0.25, 0.3) is 0 Å². The Labute approximate surface area is 114 Å². The van der Waals surface area contributed by atoms with Crippen LogP contribution in [0, 0.1) is 5.92 Å². The zero-order valence-electron chi connectivity index (χ0n) is 11.3. The topological polar surface area (TPSA) is 55.1 Å². The van der Waals surface area contributed by atoms with Crippen molar-refractivity contribution in [3.63, 3.8) is 0 Å². The molecule has 19 heavy (non-hydrogen) atoms. The van der Waals surface area contributed by atoms with E-state index >= 15 is 0 Å². The van der Waals surface area contributed by atoms with Crippen LogP contribution in [0.4, 0.5) is 5.69 Å².